The first kappa shape index (κ1) is 22.6. The number of aliphatic hydroxyl groups excluding tert-OH is 1. The predicted molar refractivity (Wildman–Crippen MR) is 114 cm³/mol. The first-order valence-electron chi connectivity index (χ1n) is 12.4. The van der Waals surface area contributed by atoms with Gasteiger partial charge in [0.2, 0.25) is 0 Å². The molecule has 32 heavy (non-hydrogen) atoms. The topological polar surface area (TPSA) is 91.3 Å². The Bertz CT molecular complexity index is 776. The van der Waals surface area contributed by atoms with Gasteiger partial charge >= 0.3 is 11.9 Å². The largest absolute Gasteiger partial charge is 0.458 e. The second-order valence-electron chi connectivity index (χ2n) is 11.4. The number of carbonyl (C=O) groups excluding carboxylic acids is 2. The van der Waals surface area contributed by atoms with Crippen LogP contribution < -0.4 is 0 Å². The standard InChI is InChI=1S/C25H38O7/c1-14(26)31-21-19-13-16(28)5-8-23(19,3)17-6-9-24(4)18(20(17)22(21)32-15(2)27)7-10-25(24)29-11-12-30-25/h16-22,28H,5-13H2,1-4H3/t16-,17?,18?,19?,20?,21+,22+,23+,24-/m0/s1. The van der Waals surface area contributed by atoms with Crippen molar-refractivity contribution < 1.29 is 33.6 Å². The van der Waals surface area contributed by atoms with E-state index in [4.69, 9.17) is 18.9 Å². The molecule has 0 amide bonds. The molecule has 9 atom stereocenters. The highest BCUT2D eigenvalue weighted by Gasteiger charge is 2.71. The van der Waals surface area contributed by atoms with Crippen molar-refractivity contribution in [2.24, 2.45) is 34.5 Å². The van der Waals surface area contributed by atoms with E-state index < -0.39 is 24.1 Å². The van der Waals surface area contributed by atoms with Gasteiger partial charge in [-0.15, -0.1) is 0 Å². The summed E-state index contributed by atoms with van der Waals surface area (Å²) < 4.78 is 24.5. The summed E-state index contributed by atoms with van der Waals surface area (Å²) in [6.45, 7) is 8.71. The van der Waals surface area contributed by atoms with Crippen LogP contribution in [-0.2, 0) is 28.5 Å². The molecular weight excluding hydrogens is 412 g/mol. The minimum atomic E-state index is -0.555. The summed E-state index contributed by atoms with van der Waals surface area (Å²) in [5.74, 6) is -0.626. The van der Waals surface area contributed by atoms with Gasteiger partial charge in [0.25, 0.3) is 0 Å². The van der Waals surface area contributed by atoms with Crippen LogP contribution in [0.4, 0.5) is 0 Å². The summed E-state index contributed by atoms with van der Waals surface area (Å²) in [6, 6.07) is 0. The van der Waals surface area contributed by atoms with Crippen LogP contribution in [0.1, 0.15) is 72.6 Å². The Hall–Kier alpha value is -1.18. The summed E-state index contributed by atoms with van der Waals surface area (Å²) in [5, 5.41) is 10.5. The summed E-state index contributed by atoms with van der Waals surface area (Å²) in [7, 11) is 0. The van der Waals surface area contributed by atoms with Gasteiger partial charge in [0.1, 0.15) is 12.2 Å². The summed E-state index contributed by atoms with van der Waals surface area (Å²) in [4.78, 5) is 24.5. The molecular formula is C25H38O7. The zero-order valence-electron chi connectivity index (χ0n) is 19.8. The highest BCUT2D eigenvalue weighted by molar-refractivity contribution is 5.67. The first-order valence-corrected chi connectivity index (χ1v) is 12.4. The maximum Gasteiger partial charge on any atom is 0.303 e. The summed E-state index contributed by atoms with van der Waals surface area (Å²) in [5.41, 5.74) is -0.240. The van der Waals surface area contributed by atoms with Crippen molar-refractivity contribution in [3.63, 3.8) is 0 Å². The second kappa shape index (κ2) is 7.67. The van der Waals surface area contributed by atoms with Gasteiger partial charge in [-0.1, -0.05) is 13.8 Å². The lowest BCUT2D eigenvalue weighted by atomic mass is 9.43. The molecule has 1 N–H and O–H groups in total. The highest BCUT2D eigenvalue weighted by Crippen LogP contribution is 2.70. The average Bonchev–Trinajstić information content (AvgIpc) is 3.31. The zero-order valence-corrected chi connectivity index (χ0v) is 19.8. The Labute approximate surface area is 190 Å². The maximum atomic E-state index is 12.3. The normalized spacial score (nSPS) is 49.1. The van der Waals surface area contributed by atoms with Crippen molar-refractivity contribution in [2.75, 3.05) is 13.2 Å². The smallest absolute Gasteiger partial charge is 0.303 e. The predicted octanol–water partition coefficient (Wildman–Crippen LogP) is 3.22. The quantitative estimate of drug-likeness (QED) is 0.646. The van der Waals surface area contributed by atoms with Crippen LogP contribution in [0.3, 0.4) is 0 Å². The molecule has 1 spiro atoms. The van der Waals surface area contributed by atoms with Crippen molar-refractivity contribution in [1.29, 1.82) is 0 Å². The molecule has 5 aliphatic rings. The number of carbonyl (C=O) groups is 2. The Balaban J connectivity index is 1.59. The van der Waals surface area contributed by atoms with E-state index >= 15 is 0 Å². The molecule has 5 rings (SSSR count). The summed E-state index contributed by atoms with van der Waals surface area (Å²) >= 11 is 0. The molecule has 7 heteroatoms. The molecule has 4 aliphatic carbocycles. The number of ether oxygens (including phenoxy) is 4. The van der Waals surface area contributed by atoms with Crippen LogP contribution in [0.2, 0.25) is 0 Å². The fourth-order valence-corrected chi connectivity index (χ4v) is 8.75. The average molecular weight is 451 g/mol. The van der Waals surface area contributed by atoms with E-state index in [9.17, 15) is 14.7 Å². The molecule has 180 valence electrons. The van der Waals surface area contributed by atoms with Gasteiger partial charge in [0.05, 0.1) is 19.3 Å². The van der Waals surface area contributed by atoms with Crippen molar-refractivity contribution in [1.82, 2.24) is 0 Å². The third-order valence-electron chi connectivity index (χ3n) is 10.1. The number of fused-ring (bicyclic) bond motifs is 6. The Morgan fingerprint density at radius 3 is 2.12 bits per heavy atom. The SMILES string of the molecule is CC(=O)O[C@@H]1C2C(CC[C@@]3(C)C2CCC32OCCO2)[C@@]2(C)CC[C@H](O)CC2[C@H]1OC(C)=O. The Morgan fingerprint density at radius 1 is 0.844 bits per heavy atom. The molecule has 7 nitrogen and oxygen atoms in total. The molecule has 0 bridgehead atoms. The van der Waals surface area contributed by atoms with Crippen LogP contribution in [0.5, 0.6) is 0 Å². The molecule has 1 saturated heterocycles. The van der Waals surface area contributed by atoms with E-state index in [0.717, 1.165) is 38.5 Å². The maximum absolute atomic E-state index is 12.3. The van der Waals surface area contributed by atoms with Crippen LogP contribution in [0, 0.1) is 34.5 Å². The molecule has 0 aromatic rings. The highest BCUT2D eigenvalue weighted by atomic mass is 16.7. The van der Waals surface area contributed by atoms with Crippen molar-refractivity contribution in [3.05, 3.63) is 0 Å². The van der Waals surface area contributed by atoms with Gasteiger partial charge < -0.3 is 24.1 Å². The van der Waals surface area contributed by atoms with E-state index in [0.29, 0.717) is 25.6 Å². The molecule has 5 fully saturated rings. The monoisotopic (exact) mass is 450 g/mol. The van der Waals surface area contributed by atoms with Crippen LogP contribution >= 0.6 is 0 Å². The van der Waals surface area contributed by atoms with Gasteiger partial charge in [0.15, 0.2) is 5.79 Å². The number of hydrogen-bond donors (Lipinski definition) is 1. The van der Waals surface area contributed by atoms with E-state index in [-0.39, 0.29) is 40.5 Å². The molecule has 0 aromatic carbocycles. The molecule has 4 saturated carbocycles. The van der Waals surface area contributed by atoms with E-state index in [1.165, 1.54) is 13.8 Å². The fourth-order valence-electron chi connectivity index (χ4n) is 8.75. The second-order valence-corrected chi connectivity index (χ2v) is 11.4. The Kier molecular flexibility index (Phi) is 5.42. The molecule has 0 radical (unpaired) electrons. The lowest BCUT2D eigenvalue weighted by molar-refractivity contribution is -0.273. The van der Waals surface area contributed by atoms with Crippen molar-refractivity contribution in [2.45, 2.75) is 96.7 Å². The lowest BCUT2D eigenvalue weighted by Crippen LogP contribution is -2.66. The number of aliphatic hydroxyl groups is 1. The minimum Gasteiger partial charge on any atom is -0.458 e. The van der Waals surface area contributed by atoms with Gasteiger partial charge in [-0.3, -0.25) is 9.59 Å². The fraction of sp³-hybridized carbons (Fsp3) is 0.920. The third kappa shape index (κ3) is 3.10. The van der Waals surface area contributed by atoms with Crippen LogP contribution in [-0.4, -0.2) is 54.4 Å². The number of esters is 2. The summed E-state index contributed by atoms with van der Waals surface area (Å²) in [6.07, 6.45) is 4.58. The number of hydrogen-bond acceptors (Lipinski definition) is 7. The minimum absolute atomic E-state index is 0.0283. The zero-order chi connectivity index (χ0) is 22.9. The molecule has 4 unspecified atom stereocenters. The van der Waals surface area contributed by atoms with Crippen molar-refractivity contribution >= 4 is 11.9 Å². The lowest BCUT2D eigenvalue weighted by Gasteiger charge is -2.64. The van der Waals surface area contributed by atoms with Gasteiger partial charge in [-0.25, -0.2) is 0 Å². The van der Waals surface area contributed by atoms with Gasteiger partial charge in [-0.2, -0.15) is 0 Å². The van der Waals surface area contributed by atoms with E-state index in [2.05, 4.69) is 13.8 Å². The molecule has 1 aliphatic heterocycles. The number of rotatable bonds is 2. The van der Waals surface area contributed by atoms with Gasteiger partial charge in [-0.05, 0) is 55.8 Å². The van der Waals surface area contributed by atoms with Crippen molar-refractivity contribution in [3.8, 4) is 0 Å². The first-order chi connectivity index (χ1) is 15.1. The molecule has 1 heterocycles. The van der Waals surface area contributed by atoms with Gasteiger partial charge in [0, 0.05) is 37.5 Å². The Morgan fingerprint density at radius 2 is 1.47 bits per heavy atom. The molecule has 0 aromatic heterocycles. The third-order valence-corrected chi connectivity index (χ3v) is 10.1. The van der Waals surface area contributed by atoms with Crippen LogP contribution in [0.15, 0.2) is 0 Å². The van der Waals surface area contributed by atoms with Crippen LogP contribution in [0.25, 0.3) is 0 Å². The van der Waals surface area contributed by atoms with E-state index in [1.54, 1.807) is 0 Å². The van der Waals surface area contributed by atoms with E-state index in [1.807, 2.05) is 0 Å².